The summed E-state index contributed by atoms with van der Waals surface area (Å²) in [6.45, 7) is 6.65. The Morgan fingerprint density at radius 3 is 2.58 bits per heavy atom. The van der Waals surface area contributed by atoms with Gasteiger partial charge in [0, 0.05) is 11.1 Å². The molecule has 0 fully saturated rings. The maximum absolute atomic E-state index is 10.6. The minimum absolute atomic E-state index is 0.286. The lowest BCUT2D eigenvalue weighted by Gasteiger charge is -2.08. The average molecular weight is 331 g/mol. The second kappa shape index (κ2) is 6.55. The summed E-state index contributed by atoms with van der Waals surface area (Å²) in [5.74, 6) is 3.49. The number of aromatic hydroxyl groups is 1. The molecule has 2 heteroatoms. The highest BCUT2D eigenvalue weighted by atomic mass is 28.3. The zero-order chi connectivity index (χ0) is 17.2. The third kappa shape index (κ3) is 3.69. The smallest absolute Gasteiger partial charge is 0.129 e. The number of rotatable bonds is 1. The zero-order valence-electron chi connectivity index (χ0n) is 14.4. The highest BCUT2D eigenvalue weighted by molar-refractivity contribution is 6.83. The molecule has 1 aliphatic carbocycles. The van der Waals surface area contributed by atoms with Crippen molar-refractivity contribution in [1.29, 1.82) is 0 Å². The summed E-state index contributed by atoms with van der Waals surface area (Å²) in [6, 6.07) is 14.1. The molecule has 0 aromatic heterocycles. The zero-order valence-corrected chi connectivity index (χ0v) is 15.4. The highest BCUT2D eigenvalue weighted by Crippen LogP contribution is 2.25. The fourth-order valence-electron chi connectivity index (χ4n) is 2.72. The fourth-order valence-corrected chi connectivity index (χ4v) is 3.24. The number of allylic oxidation sites excluding steroid dienone is 2. The Morgan fingerprint density at radius 2 is 1.83 bits per heavy atom. The van der Waals surface area contributed by atoms with Crippen molar-refractivity contribution in [1.82, 2.24) is 0 Å². The van der Waals surface area contributed by atoms with Crippen molar-refractivity contribution in [3.05, 3.63) is 76.2 Å². The Balaban J connectivity index is 2.14. The first kappa shape index (κ1) is 16.4. The summed E-state index contributed by atoms with van der Waals surface area (Å²) in [4.78, 5) is 0. The van der Waals surface area contributed by atoms with E-state index in [4.69, 9.17) is 0 Å². The molecule has 2 aromatic carbocycles. The van der Waals surface area contributed by atoms with Crippen LogP contribution in [-0.4, -0.2) is 13.2 Å². The van der Waals surface area contributed by atoms with E-state index >= 15 is 0 Å². The molecule has 1 nitrogen and oxygen atoms in total. The van der Waals surface area contributed by atoms with Crippen LogP contribution in [0, 0.1) is 11.5 Å². The molecule has 0 saturated carbocycles. The predicted octanol–water partition coefficient (Wildman–Crippen LogP) is 3.56. The Bertz CT molecular complexity index is 979. The molecule has 0 unspecified atom stereocenters. The van der Waals surface area contributed by atoms with Gasteiger partial charge in [-0.1, -0.05) is 68.1 Å². The molecule has 0 heterocycles. The third-order valence-electron chi connectivity index (χ3n) is 3.88. The van der Waals surface area contributed by atoms with Crippen LogP contribution in [0.15, 0.2) is 54.6 Å². The van der Waals surface area contributed by atoms with Crippen LogP contribution >= 0.6 is 0 Å². The van der Waals surface area contributed by atoms with Crippen molar-refractivity contribution >= 4 is 19.7 Å². The van der Waals surface area contributed by atoms with Crippen LogP contribution in [0.1, 0.15) is 17.5 Å². The molecular weight excluding hydrogens is 308 g/mol. The summed E-state index contributed by atoms with van der Waals surface area (Å²) in [7, 11) is -1.42. The van der Waals surface area contributed by atoms with E-state index in [0.29, 0.717) is 0 Å². The van der Waals surface area contributed by atoms with Crippen molar-refractivity contribution in [2.45, 2.75) is 26.1 Å². The van der Waals surface area contributed by atoms with Crippen molar-refractivity contribution in [3.63, 3.8) is 0 Å². The number of hydrogen-bond acceptors (Lipinski definition) is 1. The SMILES string of the molecule is C[Si](C)(C)C#Cc1ccc(C2=c3ccccc3=CCC=C2)c(O)c1. The van der Waals surface area contributed by atoms with Crippen LogP contribution in [0.25, 0.3) is 11.6 Å². The van der Waals surface area contributed by atoms with Gasteiger partial charge >= 0.3 is 0 Å². The maximum Gasteiger partial charge on any atom is 0.129 e. The Hall–Kier alpha value is -2.50. The van der Waals surface area contributed by atoms with Crippen LogP contribution in [0.3, 0.4) is 0 Å². The quantitative estimate of drug-likeness (QED) is 0.626. The van der Waals surface area contributed by atoms with E-state index in [1.165, 1.54) is 5.22 Å². The lowest BCUT2D eigenvalue weighted by Crippen LogP contribution is -2.25. The summed E-state index contributed by atoms with van der Waals surface area (Å²) >= 11 is 0. The fraction of sp³-hybridized carbons (Fsp3) is 0.182. The molecule has 0 amide bonds. The molecule has 0 radical (unpaired) electrons. The van der Waals surface area contributed by atoms with Crippen molar-refractivity contribution in [2.75, 3.05) is 0 Å². The summed E-state index contributed by atoms with van der Waals surface area (Å²) < 4.78 is 0. The third-order valence-corrected chi connectivity index (χ3v) is 4.75. The first-order valence-electron chi connectivity index (χ1n) is 8.27. The van der Waals surface area contributed by atoms with E-state index in [0.717, 1.165) is 28.3 Å². The van der Waals surface area contributed by atoms with Crippen LogP contribution in [-0.2, 0) is 0 Å². The van der Waals surface area contributed by atoms with Crippen LogP contribution in [0.4, 0.5) is 0 Å². The average Bonchev–Trinajstić information content (AvgIpc) is 2.75. The molecule has 1 N–H and O–H groups in total. The first-order valence-corrected chi connectivity index (χ1v) is 11.8. The Kier molecular flexibility index (Phi) is 4.46. The van der Waals surface area contributed by atoms with Gasteiger partial charge in [0.05, 0.1) is 0 Å². The van der Waals surface area contributed by atoms with Crippen LogP contribution in [0.5, 0.6) is 5.75 Å². The summed E-state index contributed by atoms with van der Waals surface area (Å²) in [6.07, 6.45) is 7.35. The topological polar surface area (TPSA) is 20.2 Å². The lowest BCUT2D eigenvalue weighted by atomic mass is 9.99. The van der Waals surface area contributed by atoms with Gasteiger partial charge in [-0.05, 0) is 40.6 Å². The van der Waals surface area contributed by atoms with Gasteiger partial charge in [0.25, 0.3) is 0 Å². The van der Waals surface area contributed by atoms with Crippen molar-refractivity contribution in [2.24, 2.45) is 0 Å². The molecule has 0 atom stereocenters. The van der Waals surface area contributed by atoms with Gasteiger partial charge in [0.2, 0.25) is 0 Å². The van der Waals surface area contributed by atoms with Gasteiger partial charge < -0.3 is 5.11 Å². The van der Waals surface area contributed by atoms with Crippen molar-refractivity contribution in [3.8, 4) is 17.2 Å². The molecule has 2 aromatic rings. The molecule has 1 aliphatic rings. The minimum Gasteiger partial charge on any atom is -0.507 e. The molecule has 0 bridgehead atoms. The molecule has 0 aliphatic heterocycles. The van der Waals surface area contributed by atoms with Gasteiger partial charge in [-0.15, -0.1) is 5.54 Å². The normalized spacial score (nSPS) is 13.4. The largest absolute Gasteiger partial charge is 0.507 e. The van der Waals surface area contributed by atoms with Gasteiger partial charge in [-0.2, -0.15) is 0 Å². The number of hydrogen-bond donors (Lipinski definition) is 1. The molecule has 0 saturated heterocycles. The minimum atomic E-state index is -1.42. The van der Waals surface area contributed by atoms with E-state index in [9.17, 15) is 5.11 Å². The van der Waals surface area contributed by atoms with Crippen molar-refractivity contribution < 1.29 is 5.11 Å². The summed E-state index contributed by atoms with van der Waals surface area (Å²) in [5.41, 5.74) is 6.13. The van der Waals surface area contributed by atoms with Gasteiger partial charge in [0.15, 0.2) is 0 Å². The van der Waals surface area contributed by atoms with Gasteiger partial charge in [0.1, 0.15) is 13.8 Å². The number of phenols is 1. The van der Waals surface area contributed by atoms with Gasteiger partial charge in [-0.25, -0.2) is 0 Å². The monoisotopic (exact) mass is 330 g/mol. The molecule has 0 spiro atoms. The maximum atomic E-state index is 10.6. The first-order chi connectivity index (χ1) is 11.4. The lowest BCUT2D eigenvalue weighted by molar-refractivity contribution is 0.473. The molecule has 120 valence electrons. The van der Waals surface area contributed by atoms with Crippen LogP contribution < -0.4 is 10.4 Å². The Morgan fingerprint density at radius 1 is 1.04 bits per heavy atom. The molecular formula is C22H22OSi. The van der Waals surface area contributed by atoms with Gasteiger partial charge in [-0.3, -0.25) is 0 Å². The van der Waals surface area contributed by atoms with Crippen LogP contribution in [0.2, 0.25) is 19.6 Å². The molecule has 24 heavy (non-hydrogen) atoms. The Labute approximate surface area is 144 Å². The number of fused-ring (bicyclic) bond motifs is 1. The molecule has 3 rings (SSSR count). The summed E-state index contributed by atoms with van der Waals surface area (Å²) in [5, 5.41) is 12.9. The second-order valence-electron chi connectivity index (χ2n) is 7.08. The van der Waals surface area contributed by atoms with E-state index in [1.54, 1.807) is 6.07 Å². The van der Waals surface area contributed by atoms with E-state index < -0.39 is 8.07 Å². The number of benzene rings is 2. The second-order valence-corrected chi connectivity index (χ2v) is 11.8. The van der Waals surface area contributed by atoms with E-state index in [-0.39, 0.29) is 5.75 Å². The highest BCUT2D eigenvalue weighted by Gasteiger charge is 2.10. The number of phenolic OH excluding ortho intramolecular Hbond substituents is 1. The van der Waals surface area contributed by atoms with E-state index in [1.807, 2.05) is 24.3 Å². The predicted molar refractivity (Wildman–Crippen MR) is 105 cm³/mol. The standard InChI is InChI=1S/C22H22OSi/c1-24(2,3)15-14-17-12-13-21(22(23)16-17)20-11-7-5-9-18-8-4-6-10-19(18)20/h4,6-13,16,23H,5H2,1-3H3. The van der Waals surface area contributed by atoms with E-state index in [2.05, 4.69) is 61.5 Å².